The minimum atomic E-state index is -3.84. The Morgan fingerprint density at radius 1 is 1.04 bits per heavy atom. The van der Waals surface area contributed by atoms with Crippen LogP contribution in [0.2, 0.25) is 0 Å². The Balaban J connectivity index is 1.91. The predicted molar refractivity (Wildman–Crippen MR) is 102 cm³/mol. The maximum Gasteiger partial charge on any atom is 0.325 e. The molecule has 7 nitrogen and oxygen atoms in total. The van der Waals surface area contributed by atoms with Crippen LogP contribution >= 0.6 is 0 Å². The number of benzene rings is 2. The Bertz CT molecular complexity index is 926. The number of hydrogen-bond acceptors (Lipinski definition) is 5. The number of hydrogen-bond donors (Lipinski definition) is 2. The van der Waals surface area contributed by atoms with E-state index in [1.165, 1.54) is 24.3 Å². The Morgan fingerprint density at radius 2 is 1.64 bits per heavy atom. The van der Waals surface area contributed by atoms with Gasteiger partial charge in [-0.25, -0.2) is 12.8 Å². The van der Waals surface area contributed by atoms with Crippen molar-refractivity contribution in [2.45, 2.75) is 31.3 Å². The molecule has 1 amide bonds. The summed E-state index contributed by atoms with van der Waals surface area (Å²) in [7, 11) is -3.84. The fourth-order valence-electron chi connectivity index (χ4n) is 2.24. The molecule has 0 aliphatic carbocycles. The van der Waals surface area contributed by atoms with Crippen LogP contribution in [-0.2, 0) is 30.8 Å². The highest BCUT2D eigenvalue weighted by Crippen LogP contribution is 2.17. The number of esters is 1. The number of nitrogens with one attached hydrogen (secondary N) is 2. The van der Waals surface area contributed by atoms with Gasteiger partial charge in [-0.1, -0.05) is 12.1 Å². The molecule has 0 unspecified atom stereocenters. The molecule has 2 aromatic rings. The number of carbonyl (C=O) groups excluding carboxylic acids is 2. The summed E-state index contributed by atoms with van der Waals surface area (Å²) in [4.78, 5) is 23.2. The zero-order valence-corrected chi connectivity index (χ0v) is 16.3. The number of halogens is 1. The first-order valence-electron chi connectivity index (χ1n) is 8.49. The molecule has 0 saturated carbocycles. The van der Waals surface area contributed by atoms with Crippen LogP contribution < -0.4 is 10.0 Å². The van der Waals surface area contributed by atoms with Crippen LogP contribution in [0.1, 0.15) is 19.4 Å². The number of carbonyl (C=O) groups is 2. The number of anilines is 1. The maximum absolute atomic E-state index is 12.9. The summed E-state index contributed by atoms with van der Waals surface area (Å²) in [5.74, 6) is -1.41. The zero-order valence-electron chi connectivity index (χ0n) is 15.4. The molecule has 2 rings (SSSR count). The Morgan fingerprint density at radius 3 is 2.21 bits per heavy atom. The van der Waals surface area contributed by atoms with E-state index in [-0.39, 0.29) is 29.9 Å². The van der Waals surface area contributed by atoms with Crippen molar-refractivity contribution in [3.05, 3.63) is 59.9 Å². The van der Waals surface area contributed by atoms with Gasteiger partial charge in [0.05, 0.1) is 17.4 Å². The molecule has 0 spiro atoms. The van der Waals surface area contributed by atoms with Crippen LogP contribution in [0.25, 0.3) is 0 Å². The number of rotatable bonds is 8. The van der Waals surface area contributed by atoms with E-state index in [2.05, 4.69) is 10.0 Å². The Hall–Kier alpha value is -2.94. The number of amides is 1. The maximum atomic E-state index is 12.9. The van der Waals surface area contributed by atoms with Gasteiger partial charge in [0.25, 0.3) is 10.0 Å². The van der Waals surface area contributed by atoms with Crippen molar-refractivity contribution in [1.29, 1.82) is 0 Å². The average Bonchev–Trinajstić information content (AvgIpc) is 2.61. The van der Waals surface area contributed by atoms with Crippen molar-refractivity contribution in [3.63, 3.8) is 0 Å². The summed E-state index contributed by atoms with van der Waals surface area (Å²) in [6, 6.07) is 10.7. The Kier molecular flexibility index (Phi) is 7.11. The second kappa shape index (κ2) is 9.32. The summed E-state index contributed by atoms with van der Waals surface area (Å²) >= 11 is 0. The van der Waals surface area contributed by atoms with Crippen molar-refractivity contribution in [3.8, 4) is 0 Å². The molecule has 28 heavy (non-hydrogen) atoms. The van der Waals surface area contributed by atoms with Crippen LogP contribution in [0.3, 0.4) is 0 Å². The fourth-order valence-corrected chi connectivity index (χ4v) is 3.30. The molecule has 0 saturated heterocycles. The first kappa shape index (κ1) is 21.4. The standard InChI is InChI=1S/C19H21FN2O5S/c1-13(2)27-19(24)12-21-18(23)11-14-3-7-16(8-4-14)22-28(25,26)17-9-5-15(20)6-10-17/h3-10,13,22H,11-12H2,1-2H3,(H,21,23). The molecule has 9 heteroatoms. The van der Waals surface area contributed by atoms with Gasteiger partial charge in [-0.05, 0) is 55.8 Å². The SMILES string of the molecule is CC(C)OC(=O)CNC(=O)Cc1ccc(NS(=O)(=O)c2ccc(F)cc2)cc1. The largest absolute Gasteiger partial charge is 0.462 e. The van der Waals surface area contributed by atoms with Gasteiger partial charge in [-0.2, -0.15) is 0 Å². The third kappa shape index (κ3) is 6.66. The highest BCUT2D eigenvalue weighted by atomic mass is 32.2. The van der Waals surface area contributed by atoms with Crippen molar-refractivity contribution in [1.82, 2.24) is 5.32 Å². The number of ether oxygens (including phenoxy) is 1. The first-order chi connectivity index (χ1) is 13.2. The topological polar surface area (TPSA) is 102 Å². The van der Waals surface area contributed by atoms with Gasteiger partial charge in [0.15, 0.2) is 0 Å². The molecule has 150 valence electrons. The van der Waals surface area contributed by atoms with Crippen molar-refractivity contribution in [2.24, 2.45) is 0 Å². The van der Waals surface area contributed by atoms with Crippen LogP contribution in [0, 0.1) is 5.82 Å². The Labute approximate surface area is 163 Å². The predicted octanol–water partition coefficient (Wildman–Crippen LogP) is 2.24. The van der Waals surface area contributed by atoms with Gasteiger partial charge in [0.1, 0.15) is 12.4 Å². The van der Waals surface area contributed by atoms with Crippen LogP contribution in [0.15, 0.2) is 53.4 Å². The van der Waals surface area contributed by atoms with Gasteiger partial charge < -0.3 is 10.1 Å². The molecule has 0 fully saturated rings. The number of sulfonamides is 1. The average molecular weight is 408 g/mol. The van der Waals surface area contributed by atoms with Crippen molar-refractivity contribution >= 4 is 27.6 Å². The van der Waals surface area contributed by atoms with E-state index in [1.54, 1.807) is 26.0 Å². The van der Waals surface area contributed by atoms with Crippen LogP contribution in [-0.4, -0.2) is 32.9 Å². The minimum absolute atomic E-state index is 0.0277. The van der Waals surface area contributed by atoms with E-state index in [1.807, 2.05) is 0 Å². The second-order valence-electron chi connectivity index (χ2n) is 6.25. The van der Waals surface area contributed by atoms with Gasteiger partial charge in [-0.3, -0.25) is 14.3 Å². The van der Waals surface area contributed by atoms with Crippen LogP contribution in [0.5, 0.6) is 0 Å². The molecular formula is C19H21FN2O5S. The quantitative estimate of drug-likeness (QED) is 0.653. The second-order valence-corrected chi connectivity index (χ2v) is 7.93. The third-order valence-corrected chi connectivity index (χ3v) is 4.89. The normalized spacial score (nSPS) is 11.1. The minimum Gasteiger partial charge on any atom is -0.462 e. The molecule has 0 bridgehead atoms. The van der Waals surface area contributed by atoms with E-state index >= 15 is 0 Å². The molecule has 0 heterocycles. The van der Waals surface area contributed by atoms with Gasteiger partial charge in [0, 0.05) is 5.69 Å². The molecule has 0 aromatic heterocycles. The summed E-state index contributed by atoms with van der Waals surface area (Å²) < 4.78 is 44.7. The van der Waals surface area contributed by atoms with Gasteiger partial charge >= 0.3 is 5.97 Å². The van der Waals surface area contributed by atoms with Crippen LogP contribution in [0.4, 0.5) is 10.1 Å². The summed E-state index contributed by atoms with van der Waals surface area (Å²) in [5, 5.41) is 2.46. The van der Waals surface area contributed by atoms with Gasteiger partial charge in [0.2, 0.25) is 5.91 Å². The van der Waals surface area contributed by atoms with E-state index < -0.39 is 21.8 Å². The molecule has 0 radical (unpaired) electrons. The van der Waals surface area contributed by atoms with E-state index in [0.717, 1.165) is 12.1 Å². The summed E-state index contributed by atoms with van der Waals surface area (Å²) in [6.45, 7) is 3.21. The van der Waals surface area contributed by atoms with E-state index in [4.69, 9.17) is 4.74 Å². The summed E-state index contributed by atoms with van der Waals surface area (Å²) in [5.41, 5.74) is 0.938. The molecule has 0 atom stereocenters. The lowest BCUT2D eigenvalue weighted by Gasteiger charge is -2.10. The monoisotopic (exact) mass is 408 g/mol. The third-order valence-electron chi connectivity index (χ3n) is 3.49. The molecule has 2 aromatic carbocycles. The van der Waals surface area contributed by atoms with Crippen molar-refractivity contribution in [2.75, 3.05) is 11.3 Å². The molecular weight excluding hydrogens is 387 g/mol. The molecule has 0 aliphatic heterocycles. The summed E-state index contributed by atoms with van der Waals surface area (Å²) in [6.07, 6.45) is -0.226. The first-order valence-corrected chi connectivity index (χ1v) is 9.97. The van der Waals surface area contributed by atoms with Crippen molar-refractivity contribution < 1.29 is 27.1 Å². The lowest BCUT2D eigenvalue weighted by molar-refractivity contribution is -0.147. The lowest BCUT2D eigenvalue weighted by atomic mass is 10.1. The van der Waals surface area contributed by atoms with E-state index in [9.17, 15) is 22.4 Å². The smallest absolute Gasteiger partial charge is 0.325 e. The lowest BCUT2D eigenvalue weighted by Crippen LogP contribution is -2.32. The zero-order chi connectivity index (χ0) is 20.7. The molecule has 2 N–H and O–H groups in total. The fraction of sp³-hybridized carbons (Fsp3) is 0.263. The van der Waals surface area contributed by atoms with E-state index in [0.29, 0.717) is 11.3 Å². The highest BCUT2D eigenvalue weighted by Gasteiger charge is 2.14. The van der Waals surface area contributed by atoms with Gasteiger partial charge in [-0.15, -0.1) is 0 Å². The highest BCUT2D eigenvalue weighted by molar-refractivity contribution is 7.92. The molecule has 0 aliphatic rings.